The summed E-state index contributed by atoms with van der Waals surface area (Å²) in [5.41, 5.74) is 1.33. The van der Waals surface area contributed by atoms with E-state index in [1.165, 1.54) is 0 Å². The van der Waals surface area contributed by atoms with E-state index in [1.807, 2.05) is 24.3 Å². The predicted molar refractivity (Wildman–Crippen MR) is 79.0 cm³/mol. The highest BCUT2D eigenvalue weighted by Crippen LogP contribution is 2.16. The standard InChI is InChI=1S/C16H13N3O3/c20-16(21-12-6-2-1-3-7-12)18-11-13-10-15(19-22-13)14-8-4-5-9-17-14/h1-10H,11H2,(H,18,20). The summed E-state index contributed by atoms with van der Waals surface area (Å²) >= 11 is 0. The van der Waals surface area contributed by atoms with Crippen LogP contribution in [0, 0.1) is 0 Å². The molecule has 0 radical (unpaired) electrons. The lowest BCUT2D eigenvalue weighted by molar-refractivity contribution is 0.198. The number of hydrogen-bond acceptors (Lipinski definition) is 5. The smallest absolute Gasteiger partial charge is 0.410 e. The van der Waals surface area contributed by atoms with E-state index in [1.54, 1.807) is 36.5 Å². The number of amides is 1. The molecule has 0 atom stereocenters. The molecule has 0 saturated heterocycles. The lowest BCUT2D eigenvalue weighted by atomic mass is 10.2. The van der Waals surface area contributed by atoms with Gasteiger partial charge < -0.3 is 14.6 Å². The van der Waals surface area contributed by atoms with Crippen molar-refractivity contribution in [1.82, 2.24) is 15.5 Å². The van der Waals surface area contributed by atoms with E-state index in [-0.39, 0.29) is 6.54 Å². The first kappa shape index (κ1) is 13.8. The molecule has 0 aliphatic heterocycles. The fourth-order valence-electron chi connectivity index (χ4n) is 1.82. The van der Waals surface area contributed by atoms with Gasteiger partial charge in [-0.15, -0.1) is 0 Å². The maximum Gasteiger partial charge on any atom is 0.412 e. The van der Waals surface area contributed by atoms with Crippen molar-refractivity contribution in [3.63, 3.8) is 0 Å². The molecule has 110 valence electrons. The van der Waals surface area contributed by atoms with E-state index in [2.05, 4.69) is 15.5 Å². The molecule has 22 heavy (non-hydrogen) atoms. The molecule has 1 amide bonds. The van der Waals surface area contributed by atoms with Gasteiger partial charge in [0.05, 0.1) is 12.2 Å². The molecule has 1 aromatic carbocycles. The van der Waals surface area contributed by atoms with Crippen molar-refractivity contribution in [2.75, 3.05) is 0 Å². The first-order valence-corrected chi connectivity index (χ1v) is 6.69. The van der Waals surface area contributed by atoms with Gasteiger partial charge in [0.2, 0.25) is 0 Å². The van der Waals surface area contributed by atoms with Crippen molar-refractivity contribution in [3.05, 3.63) is 66.6 Å². The molecule has 0 fully saturated rings. The number of carbonyl (C=O) groups excluding carboxylic acids is 1. The van der Waals surface area contributed by atoms with Crippen molar-refractivity contribution < 1.29 is 14.1 Å². The van der Waals surface area contributed by atoms with Crippen molar-refractivity contribution in [2.24, 2.45) is 0 Å². The van der Waals surface area contributed by atoms with Crippen LogP contribution in [0.3, 0.4) is 0 Å². The summed E-state index contributed by atoms with van der Waals surface area (Å²) in [5.74, 6) is 0.998. The molecule has 6 heteroatoms. The first-order chi connectivity index (χ1) is 10.8. The lowest BCUT2D eigenvalue weighted by Gasteiger charge is -2.04. The number of para-hydroxylation sites is 1. The van der Waals surface area contributed by atoms with E-state index in [4.69, 9.17) is 9.26 Å². The van der Waals surface area contributed by atoms with E-state index < -0.39 is 6.09 Å². The van der Waals surface area contributed by atoms with Gasteiger partial charge in [0, 0.05) is 12.3 Å². The molecular formula is C16H13N3O3. The van der Waals surface area contributed by atoms with Crippen LogP contribution in [0.4, 0.5) is 4.79 Å². The Morgan fingerprint density at radius 1 is 1.09 bits per heavy atom. The van der Waals surface area contributed by atoms with E-state index >= 15 is 0 Å². The van der Waals surface area contributed by atoms with Gasteiger partial charge in [0.25, 0.3) is 0 Å². The summed E-state index contributed by atoms with van der Waals surface area (Å²) < 4.78 is 10.3. The van der Waals surface area contributed by atoms with Gasteiger partial charge in [-0.3, -0.25) is 4.98 Å². The third kappa shape index (κ3) is 3.49. The van der Waals surface area contributed by atoms with Gasteiger partial charge in [-0.05, 0) is 24.3 Å². The van der Waals surface area contributed by atoms with Gasteiger partial charge in [-0.25, -0.2) is 4.79 Å². The summed E-state index contributed by atoms with van der Waals surface area (Å²) in [5, 5.41) is 6.52. The number of nitrogens with one attached hydrogen (secondary N) is 1. The highest BCUT2D eigenvalue weighted by molar-refractivity contribution is 5.70. The zero-order valence-electron chi connectivity index (χ0n) is 11.6. The summed E-state index contributed by atoms with van der Waals surface area (Å²) in [6, 6.07) is 16.1. The quantitative estimate of drug-likeness (QED) is 0.800. The normalized spacial score (nSPS) is 10.2. The van der Waals surface area contributed by atoms with Gasteiger partial charge in [0.15, 0.2) is 5.76 Å². The Morgan fingerprint density at radius 3 is 2.68 bits per heavy atom. The number of ether oxygens (including phenoxy) is 1. The van der Waals surface area contributed by atoms with Crippen molar-refractivity contribution in [3.8, 4) is 17.1 Å². The Labute approximate surface area is 126 Å². The van der Waals surface area contributed by atoms with Crippen LogP contribution in [-0.4, -0.2) is 16.2 Å². The third-order valence-corrected chi connectivity index (χ3v) is 2.85. The van der Waals surface area contributed by atoms with Gasteiger partial charge in [-0.1, -0.05) is 29.4 Å². The van der Waals surface area contributed by atoms with E-state index in [0.29, 0.717) is 22.9 Å². The van der Waals surface area contributed by atoms with Crippen LogP contribution in [-0.2, 0) is 6.54 Å². The van der Waals surface area contributed by atoms with Crippen LogP contribution in [0.25, 0.3) is 11.4 Å². The molecular weight excluding hydrogens is 282 g/mol. The highest BCUT2D eigenvalue weighted by Gasteiger charge is 2.09. The molecule has 2 aromatic heterocycles. The summed E-state index contributed by atoms with van der Waals surface area (Å²) in [4.78, 5) is 15.8. The fourth-order valence-corrected chi connectivity index (χ4v) is 1.82. The summed E-state index contributed by atoms with van der Waals surface area (Å²) in [6.07, 6.45) is 1.13. The molecule has 3 rings (SSSR count). The topological polar surface area (TPSA) is 77.3 Å². The fraction of sp³-hybridized carbons (Fsp3) is 0.0625. The van der Waals surface area contributed by atoms with Crippen LogP contribution < -0.4 is 10.1 Å². The molecule has 0 bridgehead atoms. The molecule has 3 aromatic rings. The third-order valence-electron chi connectivity index (χ3n) is 2.85. The molecule has 0 aliphatic rings. The van der Waals surface area contributed by atoms with Crippen LogP contribution >= 0.6 is 0 Å². The summed E-state index contributed by atoms with van der Waals surface area (Å²) in [6.45, 7) is 0.186. The molecule has 2 heterocycles. The van der Waals surface area contributed by atoms with Crippen molar-refractivity contribution in [1.29, 1.82) is 0 Å². The average molecular weight is 295 g/mol. The molecule has 1 N–H and O–H groups in total. The minimum absolute atomic E-state index is 0.186. The minimum atomic E-state index is -0.554. The number of rotatable bonds is 4. The number of carbonyl (C=O) groups is 1. The molecule has 6 nitrogen and oxygen atoms in total. The SMILES string of the molecule is O=C(NCc1cc(-c2ccccn2)no1)Oc1ccccc1. The van der Waals surface area contributed by atoms with Crippen LogP contribution in [0.5, 0.6) is 5.75 Å². The van der Waals surface area contributed by atoms with Crippen LogP contribution in [0.1, 0.15) is 5.76 Å². The number of benzene rings is 1. The largest absolute Gasteiger partial charge is 0.412 e. The number of nitrogens with zero attached hydrogens (tertiary/aromatic N) is 2. The van der Waals surface area contributed by atoms with Crippen LogP contribution in [0.2, 0.25) is 0 Å². The van der Waals surface area contributed by atoms with E-state index in [0.717, 1.165) is 0 Å². The van der Waals surface area contributed by atoms with Gasteiger partial charge in [-0.2, -0.15) is 0 Å². The minimum Gasteiger partial charge on any atom is -0.410 e. The predicted octanol–water partition coefficient (Wildman–Crippen LogP) is 3.03. The van der Waals surface area contributed by atoms with Gasteiger partial charge in [0.1, 0.15) is 11.4 Å². The van der Waals surface area contributed by atoms with Crippen LogP contribution in [0.15, 0.2) is 65.3 Å². The Balaban J connectivity index is 1.56. The Bertz CT molecular complexity index is 742. The lowest BCUT2D eigenvalue weighted by Crippen LogP contribution is -2.26. The second kappa shape index (κ2) is 6.53. The maximum absolute atomic E-state index is 11.7. The number of aromatic nitrogens is 2. The molecule has 0 spiro atoms. The zero-order chi connectivity index (χ0) is 15.2. The van der Waals surface area contributed by atoms with E-state index in [9.17, 15) is 4.79 Å². The zero-order valence-corrected chi connectivity index (χ0v) is 11.6. The summed E-state index contributed by atoms with van der Waals surface area (Å²) in [7, 11) is 0. The average Bonchev–Trinajstić information content (AvgIpc) is 3.04. The van der Waals surface area contributed by atoms with Gasteiger partial charge >= 0.3 is 6.09 Å². The molecule has 0 saturated carbocycles. The Hall–Kier alpha value is -3.15. The Kier molecular flexibility index (Phi) is 4.10. The van der Waals surface area contributed by atoms with Crippen molar-refractivity contribution >= 4 is 6.09 Å². The monoisotopic (exact) mass is 295 g/mol. The first-order valence-electron chi connectivity index (χ1n) is 6.69. The molecule has 0 aliphatic carbocycles. The van der Waals surface area contributed by atoms with Crippen molar-refractivity contribution in [2.45, 2.75) is 6.54 Å². The number of hydrogen-bond donors (Lipinski definition) is 1. The second-order valence-corrected chi connectivity index (χ2v) is 4.45. The highest BCUT2D eigenvalue weighted by atomic mass is 16.6. The molecule has 0 unspecified atom stereocenters. The Morgan fingerprint density at radius 2 is 1.91 bits per heavy atom. The maximum atomic E-state index is 11.7. The number of pyridine rings is 1. The second-order valence-electron chi connectivity index (χ2n) is 4.45.